The Morgan fingerprint density at radius 2 is 2.21 bits per heavy atom. The summed E-state index contributed by atoms with van der Waals surface area (Å²) in [7, 11) is 2.01. The molecule has 2 aliphatic rings. The lowest BCUT2D eigenvalue weighted by molar-refractivity contribution is -0.123. The third-order valence-corrected chi connectivity index (χ3v) is 4.84. The van der Waals surface area contributed by atoms with E-state index in [-0.39, 0.29) is 29.4 Å². The molecular formula is C11H19NO2. The largest absolute Gasteiger partial charge is 0.396 e. The summed E-state index contributed by atoms with van der Waals surface area (Å²) in [5.74, 6) is 0.617. The average Bonchev–Trinajstić information content (AvgIpc) is 2.87. The fourth-order valence-corrected chi connectivity index (χ4v) is 3.38. The molecule has 0 amide bonds. The second-order valence-electron chi connectivity index (χ2n) is 5.19. The Bertz CT molecular complexity index is 291. The second kappa shape index (κ2) is 2.58. The Labute approximate surface area is 85.1 Å². The lowest BCUT2D eigenvalue weighted by Crippen LogP contribution is -2.44. The molecule has 4 atom stereocenters. The van der Waals surface area contributed by atoms with Crippen LogP contribution in [0.3, 0.4) is 0 Å². The number of carbonyl (C=O) groups excluding carboxylic acids is 1. The van der Waals surface area contributed by atoms with Crippen LogP contribution in [0.15, 0.2) is 0 Å². The topological polar surface area (TPSA) is 40.5 Å². The Kier molecular flexibility index (Phi) is 1.87. The molecule has 0 aromatic rings. The molecule has 2 fully saturated rings. The van der Waals surface area contributed by atoms with Gasteiger partial charge in [-0.25, -0.2) is 0 Å². The molecule has 0 aromatic carbocycles. The minimum Gasteiger partial charge on any atom is -0.396 e. The molecular weight excluding hydrogens is 178 g/mol. The first-order chi connectivity index (χ1) is 6.41. The maximum absolute atomic E-state index is 11.6. The van der Waals surface area contributed by atoms with Crippen LogP contribution in [0.25, 0.3) is 0 Å². The molecule has 1 aliphatic carbocycles. The minimum absolute atomic E-state index is 0.0968. The highest BCUT2D eigenvalue weighted by atomic mass is 16.3. The van der Waals surface area contributed by atoms with Crippen molar-refractivity contribution in [2.45, 2.75) is 38.8 Å². The first kappa shape index (κ1) is 10.1. The number of fused-ring (bicyclic) bond motifs is 1. The van der Waals surface area contributed by atoms with Crippen molar-refractivity contribution < 1.29 is 9.90 Å². The van der Waals surface area contributed by atoms with Crippen LogP contribution in [-0.2, 0) is 4.79 Å². The summed E-state index contributed by atoms with van der Waals surface area (Å²) in [5.41, 5.74) is -0.336. The number of piperidine rings is 1. The van der Waals surface area contributed by atoms with Gasteiger partial charge in [0, 0.05) is 11.5 Å². The van der Waals surface area contributed by atoms with Crippen molar-refractivity contribution in [2.75, 3.05) is 13.7 Å². The number of aliphatic hydroxyl groups excluding tert-OH is 1. The van der Waals surface area contributed by atoms with E-state index in [1.807, 2.05) is 7.05 Å². The van der Waals surface area contributed by atoms with Crippen LogP contribution in [-0.4, -0.2) is 41.0 Å². The van der Waals surface area contributed by atoms with E-state index < -0.39 is 0 Å². The quantitative estimate of drug-likeness (QED) is 0.707. The number of ketones is 1. The molecule has 1 saturated heterocycles. The van der Waals surface area contributed by atoms with Crippen LogP contribution in [0.5, 0.6) is 0 Å². The van der Waals surface area contributed by atoms with Crippen molar-refractivity contribution in [1.82, 2.24) is 4.90 Å². The smallest absolute Gasteiger partial charge is 0.150 e. The SMILES string of the molecule is CC(=O)C12CC1C(C)(CO)C(C)N2C. The monoisotopic (exact) mass is 197 g/mol. The van der Waals surface area contributed by atoms with E-state index >= 15 is 0 Å². The van der Waals surface area contributed by atoms with Gasteiger partial charge in [0.15, 0.2) is 0 Å². The first-order valence-electron chi connectivity index (χ1n) is 5.26. The number of hydrogen-bond acceptors (Lipinski definition) is 3. The van der Waals surface area contributed by atoms with Crippen LogP contribution in [0.2, 0.25) is 0 Å². The van der Waals surface area contributed by atoms with Gasteiger partial charge in [0.1, 0.15) is 5.78 Å². The number of nitrogens with zero attached hydrogens (tertiary/aromatic N) is 1. The molecule has 80 valence electrons. The van der Waals surface area contributed by atoms with Crippen LogP contribution in [0.1, 0.15) is 27.2 Å². The van der Waals surface area contributed by atoms with E-state index in [9.17, 15) is 9.90 Å². The molecule has 3 heteroatoms. The van der Waals surface area contributed by atoms with Gasteiger partial charge in [-0.15, -0.1) is 0 Å². The van der Waals surface area contributed by atoms with Gasteiger partial charge >= 0.3 is 0 Å². The molecule has 3 nitrogen and oxygen atoms in total. The molecule has 0 bridgehead atoms. The molecule has 2 rings (SSSR count). The molecule has 14 heavy (non-hydrogen) atoms. The van der Waals surface area contributed by atoms with Gasteiger partial charge in [0.05, 0.1) is 12.1 Å². The fourth-order valence-electron chi connectivity index (χ4n) is 3.38. The van der Waals surface area contributed by atoms with E-state index in [1.54, 1.807) is 6.92 Å². The minimum atomic E-state index is -0.239. The Hall–Kier alpha value is -0.410. The number of rotatable bonds is 2. The van der Waals surface area contributed by atoms with Crippen molar-refractivity contribution in [3.8, 4) is 0 Å². The Morgan fingerprint density at radius 3 is 2.50 bits per heavy atom. The second-order valence-corrected chi connectivity index (χ2v) is 5.19. The van der Waals surface area contributed by atoms with Gasteiger partial charge in [-0.05, 0) is 33.2 Å². The summed E-state index contributed by atoms with van der Waals surface area (Å²) in [6.07, 6.45) is 0.931. The van der Waals surface area contributed by atoms with Crippen LogP contribution < -0.4 is 0 Å². The molecule has 1 heterocycles. The zero-order valence-corrected chi connectivity index (χ0v) is 9.37. The zero-order chi connectivity index (χ0) is 10.7. The Morgan fingerprint density at radius 1 is 1.64 bits per heavy atom. The lowest BCUT2D eigenvalue weighted by Gasteiger charge is -2.34. The van der Waals surface area contributed by atoms with Crippen molar-refractivity contribution in [2.24, 2.45) is 11.3 Å². The summed E-state index contributed by atoms with van der Waals surface area (Å²) in [6, 6.07) is 0.287. The summed E-state index contributed by atoms with van der Waals surface area (Å²) in [4.78, 5) is 13.8. The predicted molar refractivity (Wildman–Crippen MR) is 53.9 cm³/mol. The van der Waals surface area contributed by atoms with Gasteiger partial charge in [0.2, 0.25) is 0 Å². The van der Waals surface area contributed by atoms with Crippen molar-refractivity contribution in [3.05, 3.63) is 0 Å². The maximum Gasteiger partial charge on any atom is 0.150 e. The predicted octanol–water partition coefficient (Wildman–Crippen LogP) is 0.667. The van der Waals surface area contributed by atoms with Crippen LogP contribution >= 0.6 is 0 Å². The summed E-state index contributed by atoms with van der Waals surface area (Å²) in [5, 5.41) is 9.47. The summed E-state index contributed by atoms with van der Waals surface area (Å²) in [6.45, 7) is 6.05. The highest BCUT2D eigenvalue weighted by Crippen LogP contribution is 2.65. The number of likely N-dealkylation sites (N-methyl/N-ethyl adjacent to an activating group) is 1. The summed E-state index contributed by atoms with van der Waals surface area (Å²) < 4.78 is 0. The first-order valence-corrected chi connectivity index (χ1v) is 5.26. The van der Waals surface area contributed by atoms with Gasteiger partial charge in [-0.2, -0.15) is 0 Å². The fraction of sp³-hybridized carbons (Fsp3) is 0.909. The van der Waals surface area contributed by atoms with Crippen LogP contribution in [0, 0.1) is 11.3 Å². The van der Waals surface area contributed by atoms with Crippen LogP contribution in [0.4, 0.5) is 0 Å². The van der Waals surface area contributed by atoms with E-state index in [2.05, 4.69) is 18.7 Å². The zero-order valence-electron chi connectivity index (χ0n) is 9.37. The summed E-state index contributed by atoms with van der Waals surface area (Å²) >= 11 is 0. The van der Waals surface area contributed by atoms with E-state index in [4.69, 9.17) is 0 Å². The van der Waals surface area contributed by atoms with Crippen molar-refractivity contribution in [1.29, 1.82) is 0 Å². The normalized spacial score (nSPS) is 51.8. The standard InChI is InChI=1S/C11H19NO2/c1-7-10(3,6-13)9-5-11(9,8(2)14)12(7)4/h7,9,13H,5-6H2,1-4H3. The van der Waals surface area contributed by atoms with Gasteiger partial charge in [0.25, 0.3) is 0 Å². The third-order valence-electron chi connectivity index (χ3n) is 4.84. The van der Waals surface area contributed by atoms with E-state index in [1.165, 1.54) is 0 Å². The van der Waals surface area contributed by atoms with E-state index in [0.717, 1.165) is 6.42 Å². The lowest BCUT2D eigenvalue weighted by atomic mass is 9.80. The number of likely N-dealkylation sites (tertiary alicyclic amines) is 1. The number of Topliss-reactive ketones (excluding diaryl/α,β-unsaturated/α-hetero) is 1. The van der Waals surface area contributed by atoms with Crippen molar-refractivity contribution >= 4 is 5.78 Å². The highest BCUT2D eigenvalue weighted by molar-refractivity contribution is 5.91. The number of aliphatic hydroxyl groups is 1. The molecule has 1 N–H and O–H groups in total. The van der Waals surface area contributed by atoms with Crippen molar-refractivity contribution in [3.63, 3.8) is 0 Å². The average molecular weight is 197 g/mol. The molecule has 4 unspecified atom stereocenters. The molecule has 0 radical (unpaired) electrons. The number of carbonyl (C=O) groups is 1. The third kappa shape index (κ3) is 0.829. The molecule has 0 spiro atoms. The molecule has 1 aliphatic heterocycles. The molecule has 0 aromatic heterocycles. The number of hydrogen-bond donors (Lipinski definition) is 1. The highest BCUT2D eigenvalue weighted by Gasteiger charge is 2.74. The molecule has 1 saturated carbocycles. The Balaban J connectivity index is 2.37. The van der Waals surface area contributed by atoms with E-state index in [0.29, 0.717) is 5.92 Å². The van der Waals surface area contributed by atoms with Gasteiger partial charge < -0.3 is 5.11 Å². The van der Waals surface area contributed by atoms with Gasteiger partial charge in [-0.1, -0.05) is 6.92 Å². The maximum atomic E-state index is 11.6. The van der Waals surface area contributed by atoms with Gasteiger partial charge in [-0.3, -0.25) is 9.69 Å².